The van der Waals surface area contributed by atoms with Crippen LogP contribution in [0.25, 0.3) is 0 Å². The Kier molecular flexibility index (Phi) is 4.53. The van der Waals surface area contributed by atoms with Gasteiger partial charge >= 0.3 is 0 Å². The van der Waals surface area contributed by atoms with Crippen molar-refractivity contribution in [2.75, 3.05) is 0 Å². The molecule has 2 nitrogen and oxygen atoms in total. The van der Waals surface area contributed by atoms with E-state index in [0.717, 1.165) is 0 Å². The van der Waals surface area contributed by atoms with Crippen LogP contribution in [0.1, 0.15) is 31.0 Å². The molecule has 0 fully saturated rings. The predicted octanol–water partition coefficient (Wildman–Crippen LogP) is 3.94. The Morgan fingerprint density at radius 3 is 2.19 bits per heavy atom. The van der Waals surface area contributed by atoms with Crippen molar-refractivity contribution in [3.8, 4) is 5.75 Å². The molecule has 0 bridgehead atoms. The summed E-state index contributed by atoms with van der Waals surface area (Å²) in [6.45, 7) is 3.73. The normalized spacial score (nSPS) is 12.5. The zero-order chi connectivity index (χ0) is 15.6. The first-order valence-electron chi connectivity index (χ1n) is 6.55. The molecule has 2 aromatic rings. The number of rotatable bonds is 4. The fraction of sp³-hybridized carbons (Fsp3) is 0.250. The van der Waals surface area contributed by atoms with Gasteiger partial charge in [0, 0.05) is 17.7 Å². The molecule has 0 radical (unpaired) electrons. The van der Waals surface area contributed by atoms with Gasteiger partial charge in [-0.05, 0) is 31.5 Å². The van der Waals surface area contributed by atoms with Crippen LogP contribution in [-0.4, -0.2) is 6.10 Å². The van der Waals surface area contributed by atoms with Gasteiger partial charge in [-0.1, -0.05) is 12.1 Å². The second-order valence-corrected chi connectivity index (χ2v) is 5.00. The van der Waals surface area contributed by atoms with Crippen molar-refractivity contribution in [3.05, 3.63) is 65.0 Å². The van der Waals surface area contributed by atoms with Gasteiger partial charge in [-0.2, -0.15) is 0 Å². The third-order valence-corrected chi connectivity index (χ3v) is 2.94. The van der Waals surface area contributed by atoms with Crippen LogP contribution in [0.4, 0.5) is 13.2 Å². The molecule has 0 aliphatic heterocycles. The van der Waals surface area contributed by atoms with Crippen LogP contribution in [0.15, 0.2) is 36.4 Å². The molecule has 1 unspecified atom stereocenters. The molecule has 2 rings (SSSR count). The Bertz CT molecular complexity index is 620. The van der Waals surface area contributed by atoms with Gasteiger partial charge in [-0.3, -0.25) is 0 Å². The molecule has 2 N–H and O–H groups in total. The van der Waals surface area contributed by atoms with Crippen LogP contribution >= 0.6 is 0 Å². The Labute approximate surface area is 121 Å². The second-order valence-electron chi connectivity index (χ2n) is 5.00. The maximum absolute atomic E-state index is 13.8. The zero-order valence-electron chi connectivity index (χ0n) is 11.7. The van der Waals surface area contributed by atoms with Crippen LogP contribution in [0.3, 0.4) is 0 Å². The van der Waals surface area contributed by atoms with Crippen LogP contribution in [0.2, 0.25) is 0 Å². The van der Waals surface area contributed by atoms with Gasteiger partial charge < -0.3 is 10.5 Å². The van der Waals surface area contributed by atoms with Crippen LogP contribution in [0.5, 0.6) is 5.75 Å². The lowest BCUT2D eigenvalue weighted by atomic mass is 9.98. The first-order chi connectivity index (χ1) is 9.88. The summed E-state index contributed by atoms with van der Waals surface area (Å²) in [7, 11) is 0. The third kappa shape index (κ3) is 3.55. The highest BCUT2D eigenvalue weighted by Crippen LogP contribution is 2.28. The molecule has 0 aromatic heterocycles. The van der Waals surface area contributed by atoms with E-state index in [9.17, 15) is 13.2 Å². The van der Waals surface area contributed by atoms with Gasteiger partial charge in [0.15, 0.2) is 0 Å². The van der Waals surface area contributed by atoms with Crippen LogP contribution in [0, 0.1) is 17.5 Å². The topological polar surface area (TPSA) is 35.2 Å². The smallest absolute Gasteiger partial charge is 0.134 e. The van der Waals surface area contributed by atoms with Gasteiger partial charge in [-0.25, -0.2) is 13.2 Å². The van der Waals surface area contributed by atoms with Crippen LogP contribution in [-0.2, 0) is 0 Å². The van der Waals surface area contributed by atoms with Crippen LogP contribution < -0.4 is 10.5 Å². The SMILES string of the molecule is CC(C)Oc1cccc(C(N)c2c(F)cc(F)cc2F)c1. The predicted molar refractivity (Wildman–Crippen MR) is 74.6 cm³/mol. The Morgan fingerprint density at radius 1 is 1.00 bits per heavy atom. The minimum Gasteiger partial charge on any atom is -0.491 e. The maximum Gasteiger partial charge on any atom is 0.134 e. The number of halogens is 3. The molecular formula is C16H16F3NO. The third-order valence-electron chi connectivity index (χ3n) is 2.94. The van der Waals surface area contributed by atoms with E-state index in [1.165, 1.54) is 0 Å². The molecule has 0 spiro atoms. The highest BCUT2D eigenvalue weighted by Gasteiger charge is 2.20. The van der Waals surface area contributed by atoms with Crippen molar-refractivity contribution < 1.29 is 17.9 Å². The van der Waals surface area contributed by atoms with Crippen molar-refractivity contribution in [2.24, 2.45) is 5.73 Å². The monoisotopic (exact) mass is 295 g/mol. The van der Waals surface area contributed by atoms with E-state index >= 15 is 0 Å². The minimum atomic E-state index is -1.04. The number of benzene rings is 2. The summed E-state index contributed by atoms with van der Waals surface area (Å²) in [4.78, 5) is 0. The molecule has 0 amide bonds. The maximum atomic E-state index is 13.8. The first-order valence-corrected chi connectivity index (χ1v) is 6.55. The largest absolute Gasteiger partial charge is 0.491 e. The Morgan fingerprint density at radius 2 is 1.62 bits per heavy atom. The summed E-state index contributed by atoms with van der Waals surface area (Å²) in [6, 6.07) is 6.87. The van der Waals surface area contributed by atoms with E-state index in [1.54, 1.807) is 24.3 Å². The molecular weight excluding hydrogens is 279 g/mol. The summed E-state index contributed by atoms with van der Waals surface area (Å²) < 4.78 is 46.0. The first kappa shape index (κ1) is 15.4. The molecule has 0 aliphatic carbocycles. The molecule has 112 valence electrons. The van der Waals surface area contributed by atoms with Gasteiger partial charge in [0.05, 0.1) is 12.1 Å². The van der Waals surface area contributed by atoms with Crippen molar-refractivity contribution in [3.63, 3.8) is 0 Å². The highest BCUT2D eigenvalue weighted by molar-refractivity contribution is 5.37. The van der Waals surface area contributed by atoms with E-state index in [-0.39, 0.29) is 11.7 Å². The van der Waals surface area contributed by atoms with Gasteiger partial charge in [0.25, 0.3) is 0 Å². The minimum absolute atomic E-state index is 0.0317. The number of hydrogen-bond acceptors (Lipinski definition) is 2. The quantitative estimate of drug-likeness (QED) is 0.927. The van der Waals surface area contributed by atoms with E-state index in [2.05, 4.69) is 0 Å². The van der Waals surface area contributed by atoms with Crippen molar-refractivity contribution in [2.45, 2.75) is 26.0 Å². The molecule has 2 aromatic carbocycles. The second kappa shape index (κ2) is 6.18. The van der Waals surface area contributed by atoms with Gasteiger partial charge in [0.2, 0.25) is 0 Å². The molecule has 5 heteroatoms. The summed E-state index contributed by atoms with van der Waals surface area (Å²) in [5, 5.41) is 0. The van der Waals surface area contributed by atoms with E-state index in [4.69, 9.17) is 10.5 Å². The standard InChI is InChI=1S/C16H16F3NO/c1-9(2)21-12-5-3-4-10(6-12)16(20)15-13(18)7-11(17)8-14(15)19/h3-9,16H,20H2,1-2H3. The fourth-order valence-electron chi connectivity index (χ4n) is 2.07. The van der Waals surface area contributed by atoms with Crippen molar-refractivity contribution in [1.29, 1.82) is 0 Å². The molecule has 0 heterocycles. The molecule has 0 aliphatic rings. The lowest BCUT2D eigenvalue weighted by molar-refractivity contribution is 0.242. The fourth-order valence-corrected chi connectivity index (χ4v) is 2.07. The summed E-state index contributed by atoms with van der Waals surface area (Å²) >= 11 is 0. The average molecular weight is 295 g/mol. The lowest BCUT2D eigenvalue weighted by Crippen LogP contribution is -2.16. The highest BCUT2D eigenvalue weighted by atomic mass is 19.1. The summed E-state index contributed by atoms with van der Waals surface area (Å²) in [5.74, 6) is -2.43. The lowest BCUT2D eigenvalue weighted by Gasteiger charge is -2.16. The van der Waals surface area contributed by atoms with E-state index in [1.807, 2.05) is 13.8 Å². The van der Waals surface area contributed by atoms with Crippen molar-refractivity contribution >= 4 is 0 Å². The van der Waals surface area contributed by atoms with E-state index in [0.29, 0.717) is 23.4 Å². The molecule has 0 saturated carbocycles. The molecule has 1 atom stereocenters. The van der Waals surface area contributed by atoms with Gasteiger partial charge in [-0.15, -0.1) is 0 Å². The number of nitrogens with two attached hydrogens (primary N) is 1. The summed E-state index contributed by atoms with van der Waals surface area (Å²) in [5.41, 5.74) is 6.03. The average Bonchev–Trinajstić information content (AvgIpc) is 2.36. The molecule has 0 saturated heterocycles. The molecule has 21 heavy (non-hydrogen) atoms. The number of ether oxygens (including phenoxy) is 1. The summed E-state index contributed by atoms with van der Waals surface area (Å²) in [6.07, 6.45) is -0.0317. The zero-order valence-corrected chi connectivity index (χ0v) is 11.7. The van der Waals surface area contributed by atoms with E-state index < -0.39 is 23.5 Å². The number of hydrogen-bond donors (Lipinski definition) is 1. The Balaban J connectivity index is 2.38. The van der Waals surface area contributed by atoms with Crippen molar-refractivity contribution in [1.82, 2.24) is 0 Å². The van der Waals surface area contributed by atoms with Gasteiger partial charge in [0.1, 0.15) is 23.2 Å². The Hall–Kier alpha value is -2.01.